The summed E-state index contributed by atoms with van der Waals surface area (Å²) in [5.41, 5.74) is 1.84. The van der Waals surface area contributed by atoms with Crippen molar-refractivity contribution in [2.24, 2.45) is 5.16 Å². The van der Waals surface area contributed by atoms with Crippen LogP contribution in [0.3, 0.4) is 0 Å². The monoisotopic (exact) mass is 406 g/mol. The second-order valence-corrected chi connectivity index (χ2v) is 9.62. The number of carboxylic acids is 1. The third-order valence-corrected chi connectivity index (χ3v) is 4.93. The number of aliphatic carboxylic acids is 1. The molecule has 3 N–H and O–H groups in total. The van der Waals surface area contributed by atoms with Crippen LogP contribution in [-0.2, 0) is 25.3 Å². The number of benzene rings is 1. The summed E-state index contributed by atoms with van der Waals surface area (Å²) in [6.45, 7) is 11.5. The van der Waals surface area contributed by atoms with Crippen LogP contribution in [0.25, 0.3) is 6.08 Å². The molecule has 8 heteroatoms. The maximum atomic E-state index is 12.2. The fraction of sp³-hybridized carbons (Fsp3) is 0.450. The van der Waals surface area contributed by atoms with Crippen LogP contribution >= 0.6 is 11.8 Å². The number of carboxylic acid groups (broad SMARTS) is 1. The van der Waals surface area contributed by atoms with Gasteiger partial charge in [-0.15, -0.1) is 0 Å². The molecule has 1 aromatic carbocycles. The molecule has 0 aromatic heterocycles. The molecule has 1 amide bonds. The number of amidine groups is 1. The van der Waals surface area contributed by atoms with Crippen molar-refractivity contribution in [2.45, 2.75) is 52.4 Å². The first-order chi connectivity index (χ1) is 12.8. The molecule has 0 saturated carbocycles. The zero-order chi connectivity index (χ0) is 21.3. The normalized spacial score (nSPS) is 17.9. The number of rotatable bonds is 4. The molecule has 1 saturated heterocycles. The summed E-state index contributed by atoms with van der Waals surface area (Å²) in [4.78, 5) is 27.8. The second-order valence-electron chi connectivity index (χ2n) is 8.59. The Hall–Kier alpha value is -2.48. The van der Waals surface area contributed by atoms with Crippen molar-refractivity contribution in [2.75, 3.05) is 6.61 Å². The van der Waals surface area contributed by atoms with Crippen LogP contribution in [0.2, 0.25) is 0 Å². The van der Waals surface area contributed by atoms with Gasteiger partial charge >= 0.3 is 5.97 Å². The van der Waals surface area contributed by atoms with Gasteiger partial charge in [-0.2, -0.15) is 0 Å². The van der Waals surface area contributed by atoms with Crippen LogP contribution in [0.5, 0.6) is 5.75 Å². The number of hydrogen-bond donors (Lipinski definition) is 3. The molecule has 1 aliphatic heterocycles. The van der Waals surface area contributed by atoms with Gasteiger partial charge in [0.25, 0.3) is 5.91 Å². The Morgan fingerprint density at radius 2 is 1.71 bits per heavy atom. The lowest BCUT2D eigenvalue weighted by molar-refractivity contribution is -0.142. The number of phenols is 1. The molecule has 0 spiro atoms. The minimum atomic E-state index is -1.15. The Morgan fingerprint density at radius 3 is 2.18 bits per heavy atom. The number of nitrogens with zero attached hydrogens (tertiary/aromatic N) is 1. The topological polar surface area (TPSA) is 108 Å². The predicted octanol–water partition coefficient (Wildman–Crippen LogP) is 3.56. The largest absolute Gasteiger partial charge is 0.507 e. The van der Waals surface area contributed by atoms with Gasteiger partial charge in [-0.25, -0.2) is 4.79 Å². The number of amides is 1. The lowest BCUT2D eigenvalue weighted by atomic mass is 9.78. The van der Waals surface area contributed by atoms with E-state index < -0.39 is 12.6 Å². The lowest BCUT2D eigenvalue weighted by Crippen LogP contribution is -2.20. The third-order valence-electron chi connectivity index (χ3n) is 4.03. The van der Waals surface area contributed by atoms with E-state index in [4.69, 9.17) is 5.11 Å². The van der Waals surface area contributed by atoms with Crippen molar-refractivity contribution in [1.82, 2.24) is 5.32 Å². The van der Waals surface area contributed by atoms with Crippen molar-refractivity contribution in [3.8, 4) is 5.75 Å². The summed E-state index contributed by atoms with van der Waals surface area (Å²) in [5.74, 6) is -1.22. The van der Waals surface area contributed by atoms with E-state index in [1.165, 1.54) is 0 Å². The Morgan fingerprint density at radius 1 is 1.18 bits per heavy atom. The minimum absolute atomic E-state index is 0.184. The highest BCUT2D eigenvalue weighted by molar-refractivity contribution is 8.18. The molecule has 152 valence electrons. The summed E-state index contributed by atoms with van der Waals surface area (Å²) in [6.07, 6.45) is 1.73. The van der Waals surface area contributed by atoms with Crippen LogP contribution in [0.4, 0.5) is 0 Å². The van der Waals surface area contributed by atoms with Crippen LogP contribution in [0, 0.1) is 0 Å². The fourth-order valence-electron chi connectivity index (χ4n) is 2.65. The van der Waals surface area contributed by atoms with E-state index in [9.17, 15) is 14.7 Å². The quantitative estimate of drug-likeness (QED) is 0.521. The van der Waals surface area contributed by atoms with Crippen LogP contribution in [0.1, 0.15) is 58.2 Å². The van der Waals surface area contributed by atoms with E-state index in [0.29, 0.717) is 4.91 Å². The Bertz CT molecular complexity index is 825. The Labute approximate surface area is 168 Å². The van der Waals surface area contributed by atoms with Gasteiger partial charge < -0.3 is 15.1 Å². The molecule has 0 bridgehead atoms. The number of phenolic OH excluding ortho intramolecular Hbond substituents is 1. The molecular formula is C20H26N2O5S. The highest BCUT2D eigenvalue weighted by atomic mass is 32.2. The molecule has 0 radical (unpaired) electrons. The number of carbonyl (C=O) groups excluding carboxylic acids is 1. The number of oxime groups is 1. The molecule has 1 aromatic rings. The maximum Gasteiger partial charge on any atom is 0.344 e. The standard InChI is InChI=1S/C20H26N2O5S/c1-19(2,3)12-7-11(8-13(16(12)25)20(4,5)6)9-14-17(26)21-18(28-14)22-27-10-15(23)24/h7-9,25H,10H2,1-6H3,(H,23,24)(H,21,22,26)/b14-9-. The van der Waals surface area contributed by atoms with Gasteiger partial charge in [-0.05, 0) is 46.4 Å². The van der Waals surface area contributed by atoms with Gasteiger partial charge in [-0.1, -0.05) is 46.7 Å². The van der Waals surface area contributed by atoms with Crippen LogP contribution in [-0.4, -0.2) is 33.9 Å². The van der Waals surface area contributed by atoms with Crippen molar-refractivity contribution in [1.29, 1.82) is 0 Å². The lowest BCUT2D eigenvalue weighted by Gasteiger charge is -2.28. The summed E-state index contributed by atoms with van der Waals surface area (Å²) in [7, 11) is 0. The summed E-state index contributed by atoms with van der Waals surface area (Å²) < 4.78 is 0. The first kappa shape index (κ1) is 21.8. The third kappa shape index (κ3) is 5.28. The van der Waals surface area contributed by atoms with E-state index in [2.05, 4.69) is 15.3 Å². The zero-order valence-corrected chi connectivity index (χ0v) is 17.7. The molecule has 1 heterocycles. The molecular weight excluding hydrogens is 380 g/mol. The van der Waals surface area contributed by atoms with E-state index in [0.717, 1.165) is 28.5 Å². The van der Waals surface area contributed by atoms with Gasteiger partial charge in [0, 0.05) is 11.1 Å². The maximum absolute atomic E-state index is 12.2. The zero-order valence-electron chi connectivity index (χ0n) is 16.9. The fourth-order valence-corrected chi connectivity index (χ4v) is 3.43. The molecule has 1 aliphatic rings. The summed E-state index contributed by atoms with van der Waals surface area (Å²) in [5, 5.41) is 25.7. The minimum Gasteiger partial charge on any atom is -0.507 e. The SMILES string of the molecule is CC(C)(C)c1cc(/C=C2\S/C(=N/OCC(=O)O)NC2=O)cc(C(C)(C)C)c1O. The Balaban J connectivity index is 2.42. The molecule has 1 fully saturated rings. The molecule has 0 aliphatic carbocycles. The second kappa shape index (κ2) is 7.87. The molecule has 2 rings (SSSR count). The molecule has 7 nitrogen and oxygen atoms in total. The van der Waals surface area contributed by atoms with Gasteiger partial charge in [0.05, 0.1) is 4.91 Å². The smallest absolute Gasteiger partial charge is 0.344 e. The summed E-state index contributed by atoms with van der Waals surface area (Å²) in [6, 6.07) is 3.75. The van der Waals surface area contributed by atoms with Crippen LogP contribution < -0.4 is 5.32 Å². The highest BCUT2D eigenvalue weighted by Crippen LogP contribution is 2.40. The number of hydrogen-bond acceptors (Lipinski definition) is 6. The van der Waals surface area contributed by atoms with Crippen molar-refractivity contribution < 1.29 is 24.6 Å². The number of carbonyl (C=O) groups is 2. The average Bonchev–Trinajstić information content (AvgIpc) is 2.86. The average molecular weight is 407 g/mol. The van der Waals surface area contributed by atoms with Gasteiger partial charge in [0.15, 0.2) is 0 Å². The molecule has 28 heavy (non-hydrogen) atoms. The first-order valence-corrected chi connectivity index (χ1v) is 9.61. The van der Waals surface area contributed by atoms with Gasteiger partial charge in [-0.3, -0.25) is 10.1 Å². The molecule has 0 atom stereocenters. The number of nitrogens with one attached hydrogen (secondary N) is 1. The Kier molecular flexibility index (Phi) is 6.13. The predicted molar refractivity (Wildman–Crippen MR) is 110 cm³/mol. The highest BCUT2D eigenvalue weighted by Gasteiger charge is 2.28. The molecule has 0 unspecified atom stereocenters. The first-order valence-electron chi connectivity index (χ1n) is 8.79. The number of thioether (sulfide) groups is 1. The summed E-state index contributed by atoms with van der Waals surface area (Å²) >= 11 is 1.07. The van der Waals surface area contributed by atoms with E-state index in [1.807, 2.05) is 53.7 Å². The van der Waals surface area contributed by atoms with Gasteiger partial charge in [0.2, 0.25) is 11.8 Å². The van der Waals surface area contributed by atoms with Crippen molar-refractivity contribution in [3.63, 3.8) is 0 Å². The van der Waals surface area contributed by atoms with E-state index in [-0.39, 0.29) is 27.7 Å². The number of aromatic hydroxyl groups is 1. The van der Waals surface area contributed by atoms with Crippen molar-refractivity contribution in [3.05, 3.63) is 33.7 Å². The van der Waals surface area contributed by atoms with Crippen molar-refractivity contribution >= 4 is 34.9 Å². The van der Waals surface area contributed by atoms with E-state index >= 15 is 0 Å². The van der Waals surface area contributed by atoms with Gasteiger partial charge in [0.1, 0.15) is 5.75 Å². The van der Waals surface area contributed by atoms with E-state index in [1.54, 1.807) is 6.08 Å². The van der Waals surface area contributed by atoms with Crippen LogP contribution in [0.15, 0.2) is 22.2 Å².